The van der Waals surface area contributed by atoms with Crippen LogP contribution in [0.25, 0.3) is 0 Å². The molecule has 0 amide bonds. The SMILES string of the molecule is CCC(C(=O)c1ccc(CC(C)C)cc1)N1CCNCC1. The molecule has 1 fully saturated rings. The first-order valence-corrected chi connectivity index (χ1v) is 8.19. The molecule has 21 heavy (non-hydrogen) atoms. The molecule has 3 nitrogen and oxygen atoms in total. The van der Waals surface area contributed by atoms with Crippen molar-refractivity contribution in [3.8, 4) is 0 Å². The molecule has 0 saturated carbocycles. The Balaban J connectivity index is 2.06. The highest BCUT2D eigenvalue weighted by Gasteiger charge is 2.26. The fourth-order valence-electron chi connectivity index (χ4n) is 3.07. The van der Waals surface area contributed by atoms with Crippen molar-refractivity contribution in [2.24, 2.45) is 5.92 Å². The van der Waals surface area contributed by atoms with Crippen LogP contribution >= 0.6 is 0 Å². The van der Waals surface area contributed by atoms with Crippen LogP contribution in [0.5, 0.6) is 0 Å². The van der Waals surface area contributed by atoms with Gasteiger partial charge in [-0.25, -0.2) is 0 Å². The molecule has 1 atom stereocenters. The van der Waals surface area contributed by atoms with Gasteiger partial charge in [-0.3, -0.25) is 9.69 Å². The van der Waals surface area contributed by atoms with Gasteiger partial charge in [0.05, 0.1) is 6.04 Å². The number of nitrogens with one attached hydrogen (secondary N) is 1. The van der Waals surface area contributed by atoms with E-state index in [2.05, 4.69) is 43.1 Å². The first kappa shape index (κ1) is 16.2. The minimum atomic E-state index is 0.0306. The van der Waals surface area contributed by atoms with E-state index in [1.807, 2.05) is 12.1 Å². The maximum absolute atomic E-state index is 12.7. The summed E-state index contributed by atoms with van der Waals surface area (Å²) >= 11 is 0. The van der Waals surface area contributed by atoms with Gasteiger partial charge in [0.1, 0.15) is 0 Å². The van der Waals surface area contributed by atoms with Gasteiger partial charge in [0, 0.05) is 31.7 Å². The fourth-order valence-corrected chi connectivity index (χ4v) is 3.07. The van der Waals surface area contributed by atoms with E-state index < -0.39 is 0 Å². The first-order valence-electron chi connectivity index (χ1n) is 8.19. The molecule has 0 radical (unpaired) electrons. The van der Waals surface area contributed by atoms with Gasteiger partial charge in [0.15, 0.2) is 5.78 Å². The third kappa shape index (κ3) is 4.39. The molecule has 0 spiro atoms. The molecular formula is C18H28N2O. The van der Waals surface area contributed by atoms with Gasteiger partial charge in [-0.15, -0.1) is 0 Å². The predicted octanol–water partition coefficient (Wildman–Crippen LogP) is 2.75. The molecule has 1 aromatic carbocycles. The summed E-state index contributed by atoms with van der Waals surface area (Å²) in [5.41, 5.74) is 2.17. The minimum Gasteiger partial charge on any atom is -0.314 e. The second-order valence-electron chi connectivity index (χ2n) is 6.37. The van der Waals surface area contributed by atoms with E-state index in [1.165, 1.54) is 5.56 Å². The van der Waals surface area contributed by atoms with Crippen molar-refractivity contribution in [2.75, 3.05) is 26.2 Å². The van der Waals surface area contributed by atoms with E-state index in [0.29, 0.717) is 5.92 Å². The van der Waals surface area contributed by atoms with E-state index in [0.717, 1.165) is 44.6 Å². The van der Waals surface area contributed by atoms with Gasteiger partial charge in [-0.2, -0.15) is 0 Å². The Morgan fingerprint density at radius 1 is 1.19 bits per heavy atom. The molecule has 1 N–H and O–H groups in total. The van der Waals surface area contributed by atoms with Crippen molar-refractivity contribution in [1.29, 1.82) is 0 Å². The van der Waals surface area contributed by atoms with Crippen molar-refractivity contribution in [2.45, 2.75) is 39.7 Å². The van der Waals surface area contributed by atoms with Crippen LogP contribution in [0.15, 0.2) is 24.3 Å². The molecule has 1 unspecified atom stereocenters. The van der Waals surface area contributed by atoms with Crippen LogP contribution in [0.3, 0.4) is 0 Å². The standard InChI is InChI=1S/C18H28N2O/c1-4-17(20-11-9-19-10-12-20)18(21)16-7-5-15(6-8-16)13-14(2)3/h5-8,14,17,19H,4,9-13H2,1-3H3. The zero-order valence-corrected chi connectivity index (χ0v) is 13.6. The van der Waals surface area contributed by atoms with E-state index >= 15 is 0 Å². The van der Waals surface area contributed by atoms with Crippen molar-refractivity contribution in [1.82, 2.24) is 10.2 Å². The van der Waals surface area contributed by atoms with Crippen LogP contribution in [0, 0.1) is 5.92 Å². The highest BCUT2D eigenvalue weighted by molar-refractivity contribution is 6.00. The Bertz CT molecular complexity index is 447. The van der Waals surface area contributed by atoms with Crippen LogP contribution < -0.4 is 5.32 Å². The molecule has 1 aliphatic rings. The number of hydrogen-bond acceptors (Lipinski definition) is 3. The minimum absolute atomic E-state index is 0.0306. The summed E-state index contributed by atoms with van der Waals surface area (Å²) in [6.07, 6.45) is 1.95. The van der Waals surface area contributed by atoms with Crippen LogP contribution in [0.2, 0.25) is 0 Å². The Hall–Kier alpha value is -1.19. The smallest absolute Gasteiger partial charge is 0.179 e. The number of hydrogen-bond donors (Lipinski definition) is 1. The molecule has 1 heterocycles. The van der Waals surface area contributed by atoms with Crippen LogP contribution in [-0.4, -0.2) is 42.9 Å². The topological polar surface area (TPSA) is 32.3 Å². The van der Waals surface area contributed by atoms with E-state index in [-0.39, 0.29) is 11.8 Å². The molecule has 116 valence electrons. The summed E-state index contributed by atoms with van der Waals surface area (Å²) in [5, 5.41) is 3.35. The van der Waals surface area contributed by atoms with E-state index in [1.54, 1.807) is 0 Å². The molecule has 1 saturated heterocycles. The van der Waals surface area contributed by atoms with Crippen LogP contribution in [-0.2, 0) is 6.42 Å². The highest BCUT2D eigenvalue weighted by atomic mass is 16.1. The average molecular weight is 288 g/mol. The molecule has 1 aromatic rings. The molecule has 0 bridgehead atoms. The lowest BCUT2D eigenvalue weighted by atomic mass is 9.97. The van der Waals surface area contributed by atoms with Gasteiger partial charge in [-0.1, -0.05) is 45.0 Å². The first-order chi connectivity index (χ1) is 10.1. The second-order valence-corrected chi connectivity index (χ2v) is 6.37. The van der Waals surface area contributed by atoms with Crippen molar-refractivity contribution >= 4 is 5.78 Å². The average Bonchev–Trinajstić information content (AvgIpc) is 2.49. The van der Waals surface area contributed by atoms with Crippen LogP contribution in [0.1, 0.15) is 43.1 Å². The molecule has 1 aliphatic heterocycles. The number of carbonyl (C=O) groups excluding carboxylic acids is 1. The van der Waals surface area contributed by atoms with Gasteiger partial charge < -0.3 is 5.32 Å². The second kappa shape index (κ2) is 7.71. The predicted molar refractivity (Wildman–Crippen MR) is 87.8 cm³/mol. The maximum Gasteiger partial charge on any atom is 0.179 e. The van der Waals surface area contributed by atoms with Crippen molar-refractivity contribution in [3.05, 3.63) is 35.4 Å². The van der Waals surface area contributed by atoms with Crippen molar-refractivity contribution in [3.63, 3.8) is 0 Å². The number of piperazine rings is 1. The summed E-state index contributed by atoms with van der Waals surface area (Å²) in [6.45, 7) is 10.4. The molecular weight excluding hydrogens is 260 g/mol. The monoisotopic (exact) mass is 288 g/mol. The molecule has 2 rings (SSSR count). The third-order valence-corrected chi connectivity index (χ3v) is 4.16. The van der Waals surface area contributed by atoms with Crippen LogP contribution in [0.4, 0.5) is 0 Å². The summed E-state index contributed by atoms with van der Waals surface area (Å²) < 4.78 is 0. The number of carbonyl (C=O) groups is 1. The lowest BCUT2D eigenvalue weighted by Crippen LogP contribution is -2.51. The summed E-state index contributed by atoms with van der Waals surface area (Å²) in [4.78, 5) is 15.1. The summed E-state index contributed by atoms with van der Waals surface area (Å²) in [7, 11) is 0. The molecule has 0 aromatic heterocycles. The van der Waals surface area contributed by atoms with E-state index in [9.17, 15) is 4.79 Å². The van der Waals surface area contributed by atoms with Gasteiger partial charge in [-0.05, 0) is 24.3 Å². The largest absolute Gasteiger partial charge is 0.314 e. The quantitative estimate of drug-likeness (QED) is 0.817. The zero-order valence-electron chi connectivity index (χ0n) is 13.6. The summed E-state index contributed by atoms with van der Waals surface area (Å²) in [6, 6.07) is 8.26. The van der Waals surface area contributed by atoms with E-state index in [4.69, 9.17) is 0 Å². The summed E-state index contributed by atoms with van der Waals surface area (Å²) in [5.74, 6) is 0.922. The number of Topliss-reactive ketones (excluding diaryl/α,β-unsaturated/α-hetero) is 1. The number of nitrogens with zero attached hydrogens (tertiary/aromatic N) is 1. The lowest BCUT2D eigenvalue weighted by Gasteiger charge is -2.33. The number of rotatable bonds is 6. The normalized spacial score (nSPS) is 17.9. The number of ketones is 1. The maximum atomic E-state index is 12.7. The van der Waals surface area contributed by atoms with Crippen molar-refractivity contribution < 1.29 is 4.79 Å². The van der Waals surface area contributed by atoms with Gasteiger partial charge in [0.2, 0.25) is 0 Å². The Morgan fingerprint density at radius 3 is 2.33 bits per heavy atom. The Kier molecular flexibility index (Phi) is 5.95. The fraction of sp³-hybridized carbons (Fsp3) is 0.611. The molecule has 0 aliphatic carbocycles. The molecule has 3 heteroatoms. The van der Waals surface area contributed by atoms with Gasteiger partial charge >= 0.3 is 0 Å². The Labute approximate surface area is 128 Å². The van der Waals surface area contributed by atoms with Gasteiger partial charge in [0.25, 0.3) is 0 Å². The lowest BCUT2D eigenvalue weighted by molar-refractivity contribution is 0.0790. The third-order valence-electron chi connectivity index (χ3n) is 4.16. The zero-order chi connectivity index (χ0) is 15.2. The number of benzene rings is 1. The Morgan fingerprint density at radius 2 is 1.81 bits per heavy atom. The highest BCUT2D eigenvalue weighted by Crippen LogP contribution is 2.15.